The van der Waals surface area contributed by atoms with Gasteiger partial charge in [-0.1, -0.05) is 48.5 Å². The Morgan fingerprint density at radius 3 is 2.35 bits per heavy atom. The summed E-state index contributed by atoms with van der Waals surface area (Å²) in [4.78, 5) is 14.8. The first-order valence-electron chi connectivity index (χ1n) is 7.91. The predicted molar refractivity (Wildman–Crippen MR) is 90.1 cm³/mol. The van der Waals surface area contributed by atoms with Gasteiger partial charge in [-0.25, -0.2) is 0 Å². The lowest BCUT2D eigenvalue weighted by atomic mass is 9.78. The van der Waals surface area contributed by atoms with E-state index in [1.54, 1.807) is 12.1 Å². The van der Waals surface area contributed by atoms with E-state index in [-0.39, 0.29) is 5.91 Å². The van der Waals surface area contributed by atoms with Crippen LogP contribution in [0.5, 0.6) is 0 Å². The van der Waals surface area contributed by atoms with Gasteiger partial charge in [0.25, 0.3) is 5.91 Å². The molecule has 4 nitrogen and oxygen atoms in total. The number of benzene rings is 2. The van der Waals surface area contributed by atoms with Gasteiger partial charge in [-0.2, -0.15) is 0 Å². The molecule has 0 bridgehead atoms. The number of likely N-dealkylation sites (N-methyl/N-ethyl adjacent to an activating group) is 1. The first kappa shape index (κ1) is 15.7. The van der Waals surface area contributed by atoms with E-state index in [0.29, 0.717) is 18.5 Å². The maximum atomic E-state index is 12.7. The van der Waals surface area contributed by atoms with E-state index in [9.17, 15) is 9.90 Å². The molecule has 2 aromatic rings. The van der Waals surface area contributed by atoms with Gasteiger partial charge < -0.3 is 15.3 Å². The van der Waals surface area contributed by atoms with E-state index in [2.05, 4.69) is 10.2 Å². The third-order valence-corrected chi connectivity index (χ3v) is 4.60. The van der Waals surface area contributed by atoms with Gasteiger partial charge in [0.15, 0.2) is 0 Å². The summed E-state index contributed by atoms with van der Waals surface area (Å²) in [7, 11) is 1.98. The zero-order valence-electron chi connectivity index (χ0n) is 13.3. The maximum absolute atomic E-state index is 12.7. The van der Waals surface area contributed by atoms with Crippen molar-refractivity contribution in [2.75, 3.05) is 20.1 Å². The van der Waals surface area contributed by atoms with Crippen LogP contribution in [0.25, 0.3) is 0 Å². The van der Waals surface area contributed by atoms with Crippen LogP contribution in [0.4, 0.5) is 0 Å². The number of piperidine rings is 1. The molecule has 0 aromatic heterocycles. The highest BCUT2D eigenvalue weighted by Crippen LogP contribution is 2.33. The fourth-order valence-corrected chi connectivity index (χ4v) is 3.23. The average molecular weight is 310 g/mol. The number of aliphatic hydroxyl groups is 1. The van der Waals surface area contributed by atoms with Crippen molar-refractivity contribution >= 4 is 5.91 Å². The molecule has 0 radical (unpaired) electrons. The van der Waals surface area contributed by atoms with Crippen LogP contribution < -0.4 is 5.32 Å². The number of amides is 1. The second kappa shape index (κ2) is 6.52. The Morgan fingerprint density at radius 1 is 1.13 bits per heavy atom. The SMILES string of the molecule is CN1CCC(NC(=O)c2ccccc2)(c2ccccc2)C(O)C1. The number of nitrogens with zero attached hydrogens (tertiary/aromatic N) is 1. The van der Waals surface area contributed by atoms with Crippen molar-refractivity contribution in [3.8, 4) is 0 Å². The number of nitrogens with one attached hydrogen (secondary N) is 1. The van der Waals surface area contributed by atoms with Gasteiger partial charge in [0, 0.05) is 18.7 Å². The van der Waals surface area contributed by atoms with Crippen molar-refractivity contribution < 1.29 is 9.90 Å². The third-order valence-electron chi connectivity index (χ3n) is 4.60. The lowest BCUT2D eigenvalue weighted by Crippen LogP contribution is -2.61. The Bertz CT molecular complexity index is 660. The molecule has 1 aliphatic rings. The summed E-state index contributed by atoms with van der Waals surface area (Å²) in [6, 6.07) is 18.9. The highest BCUT2D eigenvalue weighted by Gasteiger charge is 2.44. The van der Waals surface area contributed by atoms with Crippen LogP contribution in [0.3, 0.4) is 0 Å². The second-order valence-electron chi connectivity index (χ2n) is 6.19. The molecule has 4 heteroatoms. The van der Waals surface area contributed by atoms with E-state index in [1.165, 1.54) is 0 Å². The minimum atomic E-state index is -0.749. The van der Waals surface area contributed by atoms with E-state index in [4.69, 9.17) is 0 Å². The molecule has 1 aliphatic heterocycles. The van der Waals surface area contributed by atoms with Crippen molar-refractivity contribution in [2.45, 2.75) is 18.1 Å². The summed E-state index contributed by atoms with van der Waals surface area (Å²) in [5.74, 6) is -0.155. The van der Waals surface area contributed by atoms with Gasteiger partial charge in [0.1, 0.15) is 0 Å². The fourth-order valence-electron chi connectivity index (χ4n) is 3.23. The summed E-state index contributed by atoms with van der Waals surface area (Å²) in [6.45, 7) is 1.35. The Balaban J connectivity index is 1.95. The predicted octanol–water partition coefficient (Wildman–Crippen LogP) is 2.01. The van der Waals surface area contributed by atoms with Crippen LogP contribution >= 0.6 is 0 Å². The number of hydrogen-bond donors (Lipinski definition) is 2. The molecule has 1 amide bonds. The molecule has 2 aromatic carbocycles. The van der Waals surface area contributed by atoms with Gasteiger partial charge in [0.2, 0.25) is 0 Å². The van der Waals surface area contributed by atoms with Crippen molar-refractivity contribution in [2.24, 2.45) is 0 Å². The van der Waals surface area contributed by atoms with Crippen LogP contribution in [0.2, 0.25) is 0 Å². The average Bonchev–Trinajstić information content (AvgIpc) is 2.59. The van der Waals surface area contributed by atoms with Crippen molar-refractivity contribution in [3.05, 3.63) is 71.8 Å². The molecule has 2 atom stereocenters. The number of rotatable bonds is 3. The lowest BCUT2D eigenvalue weighted by Gasteiger charge is -2.45. The summed E-state index contributed by atoms with van der Waals surface area (Å²) < 4.78 is 0. The zero-order chi connectivity index (χ0) is 16.3. The molecule has 0 spiro atoms. The van der Waals surface area contributed by atoms with Gasteiger partial charge in [-0.05, 0) is 31.2 Å². The highest BCUT2D eigenvalue weighted by atomic mass is 16.3. The van der Waals surface area contributed by atoms with E-state index in [1.807, 2.05) is 55.6 Å². The molecule has 1 fully saturated rings. The van der Waals surface area contributed by atoms with Gasteiger partial charge in [0.05, 0.1) is 11.6 Å². The number of β-amino-alcohol motifs (C(OH)–C–C–N with tert-alkyl or cyclic N) is 1. The summed E-state index contributed by atoms with van der Waals surface area (Å²) >= 11 is 0. The molecule has 23 heavy (non-hydrogen) atoms. The van der Waals surface area contributed by atoms with Gasteiger partial charge >= 0.3 is 0 Å². The molecule has 0 aliphatic carbocycles. The number of carbonyl (C=O) groups excluding carboxylic acids is 1. The summed E-state index contributed by atoms with van der Waals surface area (Å²) in [6.07, 6.45) is 0.0177. The van der Waals surface area contributed by atoms with Crippen molar-refractivity contribution in [3.63, 3.8) is 0 Å². The molecular formula is C19H22N2O2. The Labute approximate surface area is 136 Å². The highest BCUT2D eigenvalue weighted by molar-refractivity contribution is 5.94. The Kier molecular flexibility index (Phi) is 4.46. The standard InChI is InChI=1S/C19H22N2O2/c1-21-13-12-19(17(22)14-21,16-10-6-3-7-11-16)20-18(23)15-8-4-2-5-9-15/h2-11,17,22H,12-14H2,1H3,(H,20,23). The number of likely N-dealkylation sites (tertiary alicyclic amines) is 1. The largest absolute Gasteiger partial charge is 0.389 e. The quantitative estimate of drug-likeness (QED) is 0.912. The van der Waals surface area contributed by atoms with E-state index >= 15 is 0 Å². The Morgan fingerprint density at radius 2 is 1.74 bits per heavy atom. The van der Waals surface area contributed by atoms with E-state index < -0.39 is 11.6 Å². The maximum Gasteiger partial charge on any atom is 0.252 e. The topological polar surface area (TPSA) is 52.6 Å². The molecule has 2 N–H and O–H groups in total. The second-order valence-corrected chi connectivity index (χ2v) is 6.19. The Hall–Kier alpha value is -2.17. The molecule has 0 saturated carbocycles. The van der Waals surface area contributed by atoms with Gasteiger partial charge in [-0.3, -0.25) is 4.79 Å². The first-order chi connectivity index (χ1) is 11.1. The summed E-state index contributed by atoms with van der Waals surface area (Å²) in [5, 5.41) is 13.9. The zero-order valence-corrected chi connectivity index (χ0v) is 13.3. The molecular weight excluding hydrogens is 288 g/mol. The molecule has 1 heterocycles. The van der Waals surface area contributed by atoms with Crippen LogP contribution in [0.15, 0.2) is 60.7 Å². The fraction of sp³-hybridized carbons (Fsp3) is 0.316. The normalized spacial score (nSPS) is 25.0. The van der Waals surface area contributed by atoms with Crippen molar-refractivity contribution in [1.29, 1.82) is 0 Å². The molecule has 1 saturated heterocycles. The van der Waals surface area contributed by atoms with Crippen LogP contribution in [-0.4, -0.2) is 42.2 Å². The lowest BCUT2D eigenvalue weighted by molar-refractivity contribution is -0.00762. The number of aliphatic hydroxyl groups excluding tert-OH is 1. The van der Waals surface area contributed by atoms with Crippen LogP contribution in [0.1, 0.15) is 22.3 Å². The molecule has 2 unspecified atom stereocenters. The van der Waals surface area contributed by atoms with E-state index in [0.717, 1.165) is 12.1 Å². The van der Waals surface area contributed by atoms with Crippen molar-refractivity contribution in [1.82, 2.24) is 10.2 Å². The smallest absolute Gasteiger partial charge is 0.252 e. The number of hydrogen-bond acceptors (Lipinski definition) is 3. The monoisotopic (exact) mass is 310 g/mol. The summed E-state index contributed by atoms with van der Waals surface area (Å²) in [5.41, 5.74) is 0.805. The molecule has 3 rings (SSSR count). The van der Waals surface area contributed by atoms with Crippen LogP contribution in [0, 0.1) is 0 Å². The minimum absolute atomic E-state index is 0.155. The first-order valence-corrected chi connectivity index (χ1v) is 7.91. The van der Waals surface area contributed by atoms with Gasteiger partial charge in [-0.15, -0.1) is 0 Å². The number of carbonyl (C=O) groups is 1. The van der Waals surface area contributed by atoms with Crippen LogP contribution in [-0.2, 0) is 5.54 Å². The minimum Gasteiger partial charge on any atom is -0.389 e. The molecule has 120 valence electrons. The third kappa shape index (κ3) is 3.14.